The summed E-state index contributed by atoms with van der Waals surface area (Å²) >= 11 is 3.47. The summed E-state index contributed by atoms with van der Waals surface area (Å²) < 4.78 is 4.79. The summed E-state index contributed by atoms with van der Waals surface area (Å²) in [7, 11) is 0. The average molecular weight is 753 g/mol. The molecule has 4 nitrogen and oxygen atoms in total. The highest BCUT2D eigenvalue weighted by atomic mass is 32.1. The Morgan fingerprint density at radius 1 is 0.375 bits per heavy atom. The van der Waals surface area contributed by atoms with Crippen molar-refractivity contribution in [2.75, 3.05) is 4.90 Å². The van der Waals surface area contributed by atoms with E-state index in [0.717, 1.165) is 54.9 Å². The molecule has 8 aromatic carbocycles. The Hall–Kier alpha value is -6.86. The van der Waals surface area contributed by atoms with Gasteiger partial charge in [0, 0.05) is 44.6 Å². The number of hydrogen-bond acceptors (Lipinski definition) is 5. The minimum atomic E-state index is 1.03. The molecule has 3 heterocycles. The fourth-order valence-corrected chi connectivity index (χ4v) is 9.69. The highest BCUT2D eigenvalue weighted by molar-refractivity contribution is 7.22. The van der Waals surface area contributed by atoms with Crippen LogP contribution in [-0.4, -0.2) is 14.5 Å². The molecule has 0 atom stereocenters. The highest BCUT2D eigenvalue weighted by Crippen LogP contribution is 2.40. The molecule has 0 fully saturated rings. The van der Waals surface area contributed by atoms with E-state index < -0.39 is 0 Å². The number of para-hydroxylation sites is 4. The predicted octanol–water partition coefficient (Wildman–Crippen LogP) is 14.5. The quantitative estimate of drug-likeness (QED) is 0.163. The van der Waals surface area contributed by atoms with Crippen LogP contribution in [0.4, 0.5) is 17.1 Å². The van der Waals surface area contributed by atoms with Crippen LogP contribution in [0.3, 0.4) is 0 Å². The molecule has 0 saturated heterocycles. The van der Waals surface area contributed by atoms with Gasteiger partial charge >= 0.3 is 0 Å². The van der Waals surface area contributed by atoms with Gasteiger partial charge in [0.15, 0.2) is 0 Å². The lowest BCUT2D eigenvalue weighted by atomic mass is 10.0. The SMILES string of the molecule is c1ccc(N(c2ccc(-c3ccc(-n4c5ccccc5c5cc(-c6nc7ccccc7s6)ccc54)cc3)cc2)c2ccc(-c3nc4ccccc4s3)cc2)cc1. The number of hydrogen-bond donors (Lipinski definition) is 0. The summed E-state index contributed by atoms with van der Waals surface area (Å²) in [4.78, 5) is 12.1. The molecular formula is C50H32N4S2. The lowest BCUT2D eigenvalue weighted by Gasteiger charge is -2.25. The van der Waals surface area contributed by atoms with Crippen LogP contribution in [0.25, 0.3) is 80.2 Å². The molecule has 11 rings (SSSR count). The van der Waals surface area contributed by atoms with Gasteiger partial charge < -0.3 is 9.47 Å². The molecule has 3 aromatic heterocycles. The van der Waals surface area contributed by atoms with Crippen LogP contribution in [-0.2, 0) is 0 Å². The van der Waals surface area contributed by atoms with E-state index in [1.807, 2.05) is 6.07 Å². The van der Waals surface area contributed by atoms with Crippen molar-refractivity contribution >= 4 is 82.0 Å². The van der Waals surface area contributed by atoms with Gasteiger partial charge in [-0.1, -0.05) is 84.9 Å². The fraction of sp³-hybridized carbons (Fsp3) is 0. The van der Waals surface area contributed by atoms with Crippen LogP contribution in [0.2, 0.25) is 0 Å². The van der Waals surface area contributed by atoms with Gasteiger partial charge in [-0.2, -0.15) is 0 Å². The van der Waals surface area contributed by atoms with Gasteiger partial charge in [-0.05, 0) is 120 Å². The molecule has 6 heteroatoms. The summed E-state index contributed by atoms with van der Waals surface area (Å²) in [5.41, 5.74) is 13.5. The number of fused-ring (bicyclic) bond motifs is 5. The third-order valence-corrected chi connectivity index (χ3v) is 12.6. The third kappa shape index (κ3) is 5.66. The van der Waals surface area contributed by atoms with Crippen molar-refractivity contribution in [3.63, 3.8) is 0 Å². The molecule has 0 aliphatic carbocycles. The van der Waals surface area contributed by atoms with Gasteiger partial charge in [0.2, 0.25) is 0 Å². The van der Waals surface area contributed by atoms with E-state index in [-0.39, 0.29) is 0 Å². The van der Waals surface area contributed by atoms with Crippen molar-refractivity contribution in [2.24, 2.45) is 0 Å². The molecule has 0 N–H and O–H groups in total. The summed E-state index contributed by atoms with van der Waals surface area (Å²) in [5.74, 6) is 0. The maximum absolute atomic E-state index is 4.95. The summed E-state index contributed by atoms with van der Waals surface area (Å²) in [5, 5.41) is 4.55. The third-order valence-electron chi connectivity index (χ3n) is 10.5. The maximum Gasteiger partial charge on any atom is 0.124 e. The standard InChI is InChI=1S/C50H32N4S2/c1-2-10-37(11-3-1)53(39-29-22-35(23-30-39)49-51-43-13-5-8-16-47(43)55-49)38-25-18-33(19-26-38)34-20-27-40(28-21-34)54-45-15-7-4-12-41(45)42-32-36(24-31-46(42)54)50-52-44-14-6-9-17-48(44)56-50/h1-32H. The van der Waals surface area contributed by atoms with Crippen molar-refractivity contribution in [3.05, 3.63) is 194 Å². The second-order valence-electron chi connectivity index (χ2n) is 13.9. The van der Waals surface area contributed by atoms with E-state index in [4.69, 9.17) is 9.97 Å². The zero-order valence-electron chi connectivity index (χ0n) is 30.1. The molecule has 0 radical (unpaired) electrons. The van der Waals surface area contributed by atoms with Crippen molar-refractivity contribution < 1.29 is 0 Å². The molecule has 0 aliphatic heterocycles. The van der Waals surface area contributed by atoms with Crippen LogP contribution in [0.5, 0.6) is 0 Å². The molecule has 0 unspecified atom stereocenters. The molecular weight excluding hydrogens is 721 g/mol. The van der Waals surface area contributed by atoms with Crippen LogP contribution < -0.4 is 4.90 Å². The van der Waals surface area contributed by atoms with E-state index in [0.29, 0.717) is 0 Å². The molecule has 0 aliphatic rings. The number of anilines is 3. The Balaban J connectivity index is 0.905. The van der Waals surface area contributed by atoms with E-state index in [2.05, 4.69) is 198 Å². The normalized spacial score (nSPS) is 11.6. The number of aromatic nitrogens is 3. The Morgan fingerprint density at radius 3 is 1.50 bits per heavy atom. The zero-order valence-corrected chi connectivity index (χ0v) is 31.7. The zero-order chi connectivity index (χ0) is 37.0. The topological polar surface area (TPSA) is 34.0 Å². The maximum atomic E-state index is 4.95. The van der Waals surface area contributed by atoms with Gasteiger partial charge in [-0.3, -0.25) is 0 Å². The van der Waals surface area contributed by atoms with Gasteiger partial charge in [-0.25, -0.2) is 9.97 Å². The molecule has 0 spiro atoms. The number of thiazole rings is 2. The van der Waals surface area contributed by atoms with Gasteiger partial charge in [0.25, 0.3) is 0 Å². The minimum Gasteiger partial charge on any atom is -0.311 e. The largest absolute Gasteiger partial charge is 0.311 e. The van der Waals surface area contributed by atoms with Crippen LogP contribution in [0, 0.1) is 0 Å². The summed E-state index contributed by atoms with van der Waals surface area (Å²) in [6.07, 6.45) is 0. The van der Waals surface area contributed by atoms with Crippen molar-refractivity contribution in [3.8, 4) is 38.0 Å². The van der Waals surface area contributed by atoms with Gasteiger partial charge in [0.1, 0.15) is 10.0 Å². The molecule has 0 bridgehead atoms. The Kier molecular flexibility index (Phi) is 7.83. The second kappa shape index (κ2) is 13.5. The molecule has 264 valence electrons. The van der Waals surface area contributed by atoms with E-state index in [1.165, 1.54) is 42.3 Å². The number of benzene rings is 8. The van der Waals surface area contributed by atoms with Crippen molar-refractivity contribution in [1.82, 2.24) is 14.5 Å². The fourth-order valence-electron chi connectivity index (χ4n) is 7.76. The molecule has 0 saturated carbocycles. The lowest BCUT2D eigenvalue weighted by Crippen LogP contribution is -2.09. The van der Waals surface area contributed by atoms with Gasteiger partial charge in [0.05, 0.1) is 31.5 Å². The first-order valence-corrected chi connectivity index (χ1v) is 20.3. The Labute approximate surface area is 331 Å². The number of rotatable bonds is 7. The van der Waals surface area contributed by atoms with Crippen LogP contribution >= 0.6 is 22.7 Å². The smallest absolute Gasteiger partial charge is 0.124 e. The minimum absolute atomic E-state index is 1.03. The second-order valence-corrected chi connectivity index (χ2v) is 15.9. The van der Waals surface area contributed by atoms with E-state index >= 15 is 0 Å². The number of nitrogens with zero attached hydrogens (tertiary/aromatic N) is 4. The summed E-state index contributed by atoms with van der Waals surface area (Å²) in [6, 6.07) is 69.2. The van der Waals surface area contributed by atoms with Crippen LogP contribution in [0.15, 0.2) is 194 Å². The van der Waals surface area contributed by atoms with Crippen molar-refractivity contribution in [2.45, 2.75) is 0 Å². The Morgan fingerprint density at radius 2 is 0.857 bits per heavy atom. The van der Waals surface area contributed by atoms with E-state index in [9.17, 15) is 0 Å². The van der Waals surface area contributed by atoms with E-state index in [1.54, 1.807) is 22.7 Å². The monoisotopic (exact) mass is 752 g/mol. The first-order valence-electron chi connectivity index (χ1n) is 18.6. The average Bonchev–Trinajstić information content (AvgIpc) is 3.99. The van der Waals surface area contributed by atoms with Gasteiger partial charge in [-0.15, -0.1) is 22.7 Å². The molecule has 0 amide bonds. The molecule has 11 aromatic rings. The molecule has 56 heavy (non-hydrogen) atoms. The first kappa shape index (κ1) is 32.6. The first-order chi connectivity index (χ1) is 27.7. The predicted molar refractivity (Wildman–Crippen MR) is 238 cm³/mol. The highest BCUT2D eigenvalue weighted by Gasteiger charge is 2.16. The van der Waals surface area contributed by atoms with Crippen LogP contribution in [0.1, 0.15) is 0 Å². The van der Waals surface area contributed by atoms with Crippen molar-refractivity contribution in [1.29, 1.82) is 0 Å². The Bertz CT molecular complexity index is 3110. The lowest BCUT2D eigenvalue weighted by molar-refractivity contribution is 1.18. The summed E-state index contributed by atoms with van der Waals surface area (Å²) in [6.45, 7) is 0.